The summed E-state index contributed by atoms with van der Waals surface area (Å²) in [5.41, 5.74) is 6.61. The number of phenolic OH excluding ortho intramolecular Hbond substituents is 1. The van der Waals surface area contributed by atoms with Crippen LogP contribution in [0.2, 0.25) is 0 Å². The zero-order valence-corrected chi connectivity index (χ0v) is 30.0. The maximum absolute atomic E-state index is 11.7. The third-order valence-electron chi connectivity index (χ3n) is 8.11. The Kier molecular flexibility index (Phi) is 15.5. The largest absolute Gasteiger partial charge is 0.508 e. The van der Waals surface area contributed by atoms with Crippen molar-refractivity contribution >= 4 is 22.0 Å². The highest BCUT2D eigenvalue weighted by Crippen LogP contribution is 2.27. The molecule has 7 heteroatoms. The van der Waals surface area contributed by atoms with Crippen LogP contribution in [0.5, 0.6) is 11.5 Å². The molecule has 0 atom stereocenters. The summed E-state index contributed by atoms with van der Waals surface area (Å²) in [5.74, 6) is 2.88. The van der Waals surface area contributed by atoms with Gasteiger partial charge in [0.1, 0.15) is 17.1 Å². The minimum atomic E-state index is -0.610. The molecule has 248 valence electrons. The Balaban J connectivity index is 0.000000247. The summed E-state index contributed by atoms with van der Waals surface area (Å²) in [5, 5.41) is 13.5. The number of nitrogens with one attached hydrogen (secondary N) is 1. The molecule has 2 fully saturated rings. The number of amides is 1. The number of aromatic hydroxyl groups is 1. The van der Waals surface area contributed by atoms with Crippen molar-refractivity contribution in [3.8, 4) is 11.5 Å². The standard InChI is InChI=1S/C16H25NO.C14H21NO3.C7H13Br/c1-16(2,17)14-9-6-10-15(11-14)18-12-13-7-4-3-5-8-13;1-13(2,3)18-12(17)15-14(4,5)10-7-6-8-11(16)9-10;8-6-7-4-2-1-3-5-7/h6,9-11,13H,3-5,7-8,12,17H2,1-2H3;6-9,16H,1-5H3,(H,15,17);7H,1-6H2. The number of alkyl carbamates (subject to hydrolysis) is 1. The molecule has 2 aromatic rings. The van der Waals surface area contributed by atoms with Crippen molar-refractivity contribution in [3.05, 3.63) is 59.7 Å². The molecule has 44 heavy (non-hydrogen) atoms. The van der Waals surface area contributed by atoms with Gasteiger partial charge in [0, 0.05) is 10.9 Å². The van der Waals surface area contributed by atoms with Gasteiger partial charge < -0.3 is 25.6 Å². The number of ether oxygens (including phenoxy) is 2. The Morgan fingerprint density at radius 3 is 1.89 bits per heavy atom. The first kappa shape index (κ1) is 37.9. The number of carbonyl (C=O) groups excluding carboxylic acids is 1. The van der Waals surface area contributed by atoms with Crippen LogP contribution < -0.4 is 15.8 Å². The van der Waals surface area contributed by atoms with Gasteiger partial charge >= 0.3 is 6.09 Å². The second-order valence-electron chi connectivity index (χ2n) is 14.5. The van der Waals surface area contributed by atoms with Crippen LogP contribution in [0.3, 0.4) is 0 Å². The van der Waals surface area contributed by atoms with Gasteiger partial charge in [-0.3, -0.25) is 0 Å². The molecule has 0 radical (unpaired) electrons. The zero-order chi connectivity index (χ0) is 32.8. The molecule has 2 aromatic carbocycles. The fourth-order valence-electron chi connectivity index (χ4n) is 5.42. The number of carbonyl (C=O) groups is 1. The average molecular weight is 676 g/mol. The van der Waals surface area contributed by atoms with Gasteiger partial charge in [-0.2, -0.15) is 0 Å². The monoisotopic (exact) mass is 674 g/mol. The summed E-state index contributed by atoms with van der Waals surface area (Å²) >= 11 is 3.51. The molecule has 2 aliphatic rings. The Labute approximate surface area is 276 Å². The number of hydrogen-bond acceptors (Lipinski definition) is 5. The fraction of sp³-hybridized carbons (Fsp3) is 0.649. The lowest BCUT2D eigenvalue weighted by molar-refractivity contribution is 0.0470. The molecule has 1 amide bonds. The molecule has 0 spiro atoms. The molecule has 0 heterocycles. The van der Waals surface area contributed by atoms with Gasteiger partial charge in [0.2, 0.25) is 0 Å². The molecule has 4 N–H and O–H groups in total. The lowest BCUT2D eigenvalue weighted by Crippen LogP contribution is -2.43. The van der Waals surface area contributed by atoms with Crippen LogP contribution in [0.1, 0.15) is 124 Å². The van der Waals surface area contributed by atoms with E-state index in [-0.39, 0.29) is 11.3 Å². The first-order valence-electron chi connectivity index (χ1n) is 16.5. The number of phenols is 1. The molecule has 2 aliphatic carbocycles. The second-order valence-corrected chi connectivity index (χ2v) is 15.2. The van der Waals surface area contributed by atoms with Crippen LogP contribution in [-0.2, 0) is 15.8 Å². The van der Waals surface area contributed by atoms with Gasteiger partial charge in [-0.05, 0) is 121 Å². The topological polar surface area (TPSA) is 93.8 Å². The summed E-state index contributed by atoms with van der Waals surface area (Å²) in [6, 6.07) is 15.0. The molecular formula is C37H59BrN2O4. The van der Waals surface area contributed by atoms with E-state index < -0.39 is 17.2 Å². The Bertz CT molecular complexity index is 1110. The maximum atomic E-state index is 11.7. The summed E-state index contributed by atoms with van der Waals surface area (Å²) in [7, 11) is 0. The minimum Gasteiger partial charge on any atom is -0.508 e. The molecule has 4 rings (SSSR count). The number of rotatable bonds is 7. The molecular weight excluding hydrogens is 616 g/mol. The highest BCUT2D eigenvalue weighted by molar-refractivity contribution is 9.09. The smallest absolute Gasteiger partial charge is 0.408 e. The third-order valence-corrected chi connectivity index (χ3v) is 9.03. The number of hydrogen-bond donors (Lipinski definition) is 3. The van der Waals surface area contributed by atoms with E-state index in [1.54, 1.807) is 18.2 Å². The van der Waals surface area contributed by atoms with Crippen molar-refractivity contribution in [2.75, 3.05) is 11.9 Å². The second kappa shape index (κ2) is 18.0. The van der Waals surface area contributed by atoms with Gasteiger partial charge in [0.05, 0.1) is 12.1 Å². The first-order valence-corrected chi connectivity index (χ1v) is 17.6. The van der Waals surface area contributed by atoms with Crippen LogP contribution in [-0.4, -0.2) is 28.7 Å². The van der Waals surface area contributed by atoms with Crippen molar-refractivity contribution in [2.24, 2.45) is 17.6 Å². The zero-order valence-electron chi connectivity index (χ0n) is 28.4. The number of nitrogens with two attached hydrogens (primary N) is 1. The summed E-state index contributed by atoms with van der Waals surface area (Å²) in [6.45, 7) is 14.0. The molecule has 0 saturated heterocycles. The van der Waals surface area contributed by atoms with E-state index in [2.05, 4.69) is 33.4 Å². The fourth-order valence-corrected chi connectivity index (χ4v) is 6.07. The van der Waals surface area contributed by atoms with Crippen LogP contribution >= 0.6 is 15.9 Å². The lowest BCUT2D eigenvalue weighted by Gasteiger charge is -2.29. The van der Waals surface area contributed by atoms with E-state index >= 15 is 0 Å². The van der Waals surface area contributed by atoms with E-state index in [4.69, 9.17) is 15.2 Å². The number of benzene rings is 2. The van der Waals surface area contributed by atoms with Crippen molar-refractivity contribution < 1.29 is 19.4 Å². The predicted molar refractivity (Wildman–Crippen MR) is 187 cm³/mol. The van der Waals surface area contributed by atoms with Crippen LogP contribution in [0.25, 0.3) is 0 Å². The first-order chi connectivity index (χ1) is 20.6. The molecule has 0 aromatic heterocycles. The van der Waals surface area contributed by atoms with Crippen LogP contribution in [0.4, 0.5) is 4.79 Å². The highest BCUT2D eigenvalue weighted by Gasteiger charge is 2.26. The minimum absolute atomic E-state index is 0.173. The van der Waals surface area contributed by atoms with Crippen LogP contribution in [0.15, 0.2) is 48.5 Å². The maximum Gasteiger partial charge on any atom is 0.408 e. The third kappa shape index (κ3) is 15.2. The molecule has 0 aliphatic heterocycles. The summed E-state index contributed by atoms with van der Waals surface area (Å²) in [4.78, 5) is 11.7. The van der Waals surface area contributed by atoms with Crippen molar-refractivity contribution in [1.29, 1.82) is 0 Å². The average Bonchev–Trinajstić information content (AvgIpc) is 2.96. The van der Waals surface area contributed by atoms with Gasteiger partial charge in [0.15, 0.2) is 0 Å². The van der Waals surface area contributed by atoms with Gasteiger partial charge in [-0.15, -0.1) is 0 Å². The van der Waals surface area contributed by atoms with Crippen molar-refractivity contribution in [3.63, 3.8) is 0 Å². The van der Waals surface area contributed by atoms with E-state index in [0.717, 1.165) is 35.3 Å². The Hall–Kier alpha value is -2.25. The van der Waals surface area contributed by atoms with Gasteiger partial charge in [0.25, 0.3) is 0 Å². The molecule has 0 unspecified atom stereocenters. The summed E-state index contributed by atoms with van der Waals surface area (Å²) < 4.78 is 11.1. The normalized spacial score (nSPS) is 16.5. The highest BCUT2D eigenvalue weighted by atomic mass is 79.9. The predicted octanol–water partition coefficient (Wildman–Crippen LogP) is 9.95. The summed E-state index contributed by atoms with van der Waals surface area (Å²) in [6.07, 6.45) is 13.6. The number of alkyl halides is 1. The molecule has 6 nitrogen and oxygen atoms in total. The van der Waals surface area contributed by atoms with Crippen LogP contribution in [0, 0.1) is 11.8 Å². The van der Waals surface area contributed by atoms with E-state index in [1.165, 1.54) is 69.5 Å². The molecule has 2 saturated carbocycles. The van der Waals surface area contributed by atoms with Gasteiger partial charge in [-0.1, -0.05) is 78.7 Å². The lowest BCUT2D eigenvalue weighted by atomic mass is 9.90. The van der Waals surface area contributed by atoms with E-state index in [9.17, 15) is 9.90 Å². The van der Waals surface area contributed by atoms with E-state index in [0.29, 0.717) is 0 Å². The molecule has 0 bridgehead atoms. The SMILES string of the molecule is BrCC1CCCCC1.CC(C)(C)OC(=O)NC(C)(C)c1cccc(O)c1.CC(C)(N)c1cccc(OCC2CCCCC2)c1. The van der Waals surface area contributed by atoms with Crippen molar-refractivity contribution in [2.45, 2.75) is 129 Å². The quantitative estimate of drug-likeness (QED) is 0.254. The van der Waals surface area contributed by atoms with Crippen molar-refractivity contribution in [1.82, 2.24) is 5.32 Å². The van der Waals surface area contributed by atoms with E-state index in [1.807, 2.05) is 66.7 Å². The van der Waals surface area contributed by atoms with Gasteiger partial charge in [-0.25, -0.2) is 4.79 Å². The Morgan fingerprint density at radius 1 is 0.841 bits per heavy atom. The Morgan fingerprint density at radius 2 is 1.39 bits per heavy atom. The number of halogens is 1.